The molecule has 5 heterocycles. The first kappa shape index (κ1) is 35.3. The molecule has 12 heteroatoms. The number of sulfonamides is 1. The summed E-state index contributed by atoms with van der Waals surface area (Å²) < 4.78 is 38.7. The highest BCUT2D eigenvalue weighted by Gasteiger charge is 2.45. The fourth-order valence-corrected chi connectivity index (χ4v) is 11.8. The van der Waals surface area contributed by atoms with E-state index in [1.54, 1.807) is 19.4 Å². The third-order valence-electron chi connectivity index (χ3n) is 13.0. The predicted octanol–water partition coefficient (Wildman–Crippen LogP) is 6.57. The minimum absolute atomic E-state index is 0.0141. The van der Waals surface area contributed by atoms with Gasteiger partial charge in [-0.15, -0.1) is 0 Å². The molecule has 11 nitrogen and oxygen atoms in total. The summed E-state index contributed by atoms with van der Waals surface area (Å²) >= 11 is 0. The lowest BCUT2D eigenvalue weighted by Crippen LogP contribution is -2.48. The molecular weight excluding hydrogens is 701 g/mol. The van der Waals surface area contributed by atoms with Crippen molar-refractivity contribution in [1.29, 1.82) is 0 Å². The highest BCUT2D eigenvalue weighted by molar-refractivity contribution is 7.90. The SMILES string of the molecule is CCN1C[C@@H]2C[C@H]1CN2C(=O)c1cnn(C)c1C1=Cc2cc(OC)ccc2-c2c(C3CCCCC3)c3ccc(C(=O)NS(=O)(=O)C4CCCC4)cc3n2C1. The number of aromatic nitrogens is 3. The van der Waals surface area contributed by atoms with Crippen LogP contribution in [0.1, 0.15) is 115 Å². The van der Waals surface area contributed by atoms with Crippen LogP contribution in [0.2, 0.25) is 0 Å². The van der Waals surface area contributed by atoms with E-state index in [2.05, 4.69) is 44.4 Å². The Bertz CT molecular complexity index is 2290. The number of nitrogens with zero attached hydrogens (tertiary/aromatic N) is 5. The number of allylic oxidation sites excluding steroid dienone is 1. The van der Waals surface area contributed by atoms with Crippen molar-refractivity contribution >= 4 is 44.4 Å². The number of aryl methyl sites for hydroxylation is 1. The lowest BCUT2D eigenvalue weighted by atomic mass is 9.81. The van der Waals surface area contributed by atoms with Gasteiger partial charge in [0.1, 0.15) is 5.75 Å². The Hall–Kier alpha value is -4.42. The lowest BCUT2D eigenvalue weighted by molar-refractivity contribution is 0.0630. The van der Waals surface area contributed by atoms with E-state index in [4.69, 9.17) is 4.74 Å². The molecule has 2 atom stereocenters. The van der Waals surface area contributed by atoms with Crippen LogP contribution in [0.5, 0.6) is 5.75 Å². The van der Waals surface area contributed by atoms with E-state index in [-0.39, 0.29) is 11.9 Å². The topological polar surface area (TPSA) is 119 Å². The fraction of sp³-hybridized carbons (Fsp3) is 0.500. The van der Waals surface area contributed by atoms with Crippen molar-refractivity contribution < 1.29 is 22.7 Å². The summed E-state index contributed by atoms with van der Waals surface area (Å²) in [7, 11) is -0.217. The second kappa shape index (κ2) is 13.7. The number of methoxy groups -OCH3 is 1. The molecule has 2 bridgehead atoms. The number of fused-ring (bicyclic) bond motifs is 7. The molecule has 2 aromatic carbocycles. The van der Waals surface area contributed by atoms with Crippen LogP contribution in [0, 0.1) is 0 Å². The Morgan fingerprint density at radius 2 is 1.72 bits per heavy atom. The number of piperazine rings is 1. The predicted molar refractivity (Wildman–Crippen MR) is 210 cm³/mol. The molecule has 4 aromatic rings. The summed E-state index contributed by atoms with van der Waals surface area (Å²) in [6, 6.07) is 12.5. The van der Waals surface area contributed by atoms with Crippen molar-refractivity contribution in [2.45, 2.75) is 101 Å². The zero-order chi connectivity index (χ0) is 37.3. The van der Waals surface area contributed by atoms with Gasteiger partial charge in [0.25, 0.3) is 11.8 Å². The van der Waals surface area contributed by atoms with Crippen molar-refractivity contribution in [3.63, 3.8) is 0 Å². The summed E-state index contributed by atoms with van der Waals surface area (Å²) in [4.78, 5) is 32.7. The number of likely N-dealkylation sites (N-methyl/N-ethyl adjacent to an activating group) is 1. The highest BCUT2D eigenvalue weighted by Crippen LogP contribution is 2.48. The molecule has 2 saturated heterocycles. The van der Waals surface area contributed by atoms with Gasteiger partial charge in [-0.3, -0.25) is 19.2 Å². The minimum Gasteiger partial charge on any atom is -0.497 e. The highest BCUT2D eigenvalue weighted by atomic mass is 32.2. The summed E-state index contributed by atoms with van der Waals surface area (Å²) in [5.74, 6) is 0.485. The maximum Gasteiger partial charge on any atom is 0.264 e. The monoisotopic (exact) mass is 750 g/mol. The normalized spacial score (nSPS) is 22.0. The van der Waals surface area contributed by atoms with Gasteiger partial charge in [0.15, 0.2) is 0 Å². The van der Waals surface area contributed by atoms with Crippen LogP contribution >= 0.6 is 0 Å². The average molecular weight is 751 g/mol. The van der Waals surface area contributed by atoms with Crippen molar-refractivity contribution in [1.82, 2.24) is 28.9 Å². The van der Waals surface area contributed by atoms with Crippen LogP contribution in [-0.2, 0) is 23.6 Å². The Morgan fingerprint density at radius 1 is 0.944 bits per heavy atom. The molecule has 2 amide bonds. The molecular formula is C42H50N6O5S. The average Bonchev–Trinajstić information content (AvgIpc) is 4.03. The van der Waals surface area contributed by atoms with Gasteiger partial charge in [-0.2, -0.15) is 5.10 Å². The molecule has 5 aliphatic rings. The summed E-state index contributed by atoms with van der Waals surface area (Å²) in [5.41, 5.74) is 7.89. The number of likely N-dealkylation sites (tertiary alicyclic amines) is 2. The number of carbonyl (C=O) groups is 2. The number of nitrogens with one attached hydrogen (secondary N) is 1. The maximum atomic E-state index is 14.4. The third kappa shape index (κ3) is 5.87. The molecule has 284 valence electrons. The van der Waals surface area contributed by atoms with E-state index in [0.717, 1.165) is 109 Å². The van der Waals surface area contributed by atoms with Gasteiger partial charge in [0.05, 0.1) is 42.1 Å². The first-order valence-electron chi connectivity index (χ1n) is 19.8. The fourth-order valence-electron chi connectivity index (χ4n) is 10.3. The molecule has 2 saturated carbocycles. The quantitative estimate of drug-likeness (QED) is 0.216. The van der Waals surface area contributed by atoms with Crippen molar-refractivity contribution in [3.05, 3.63) is 70.5 Å². The first-order chi connectivity index (χ1) is 26.1. The summed E-state index contributed by atoms with van der Waals surface area (Å²) in [6.45, 7) is 5.23. The molecule has 9 rings (SSSR count). The first-order valence-corrected chi connectivity index (χ1v) is 21.4. The van der Waals surface area contributed by atoms with Crippen molar-refractivity contribution in [2.75, 3.05) is 26.7 Å². The summed E-state index contributed by atoms with van der Waals surface area (Å²) in [5, 5.41) is 5.21. The van der Waals surface area contributed by atoms with Gasteiger partial charge in [-0.1, -0.05) is 45.1 Å². The molecule has 2 aliphatic carbocycles. The van der Waals surface area contributed by atoms with Gasteiger partial charge in [-0.05, 0) is 97.7 Å². The van der Waals surface area contributed by atoms with Crippen LogP contribution in [-0.4, -0.2) is 88.5 Å². The van der Waals surface area contributed by atoms with Gasteiger partial charge >= 0.3 is 0 Å². The van der Waals surface area contributed by atoms with E-state index in [9.17, 15) is 18.0 Å². The van der Waals surface area contributed by atoms with Crippen molar-refractivity contribution in [3.8, 4) is 17.0 Å². The number of rotatable bonds is 8. The van der Waals surface area contributed by atoms with Gasteiger partial charge < -0.3 is 14.2 Å². The second-order valence-electron chi connectivity index (χ2n) is 16.0. The van der Waals surface area contributed by atoms with E-state index in [1.807, 2.05) is 34.8 Å². The van der Waals surface area contributed by atoms with Gasteiger partial charge in [0.2, 0.25) is 10.0 Å². The van der Waals surface area contributed by atoms with E-state index < -0.39 is 21.2 Å². The Kier molecular flexibility index (Phi) is 8.96. The lowest BCUT2D eigenvalue weighted by Gasteiger charge is -2.33. The molecule has 1 N–H and O–H groups in total. The van der Waals surface area contributed by atoms with Crippen LogP contribution in [0.4, 0.5) is 0 Å². The Balaban J connectivity index is 1.19. The largest absolute Gasteiger partial charge is 0.497 e. The molecule has 2 aromatic heterocycles. The number of benzene rings is 2. The van der Waals surface area contributed by atoms with E-state index >= 15 is 0 Å². The van der Waals surface area contributed by atoms with Crippen molar-refractivity contribution in [2.24, 2.45) is 7.05 Å². The molecule has 0 radical (unpaired) electrons. The van der Waals surface area contributed by atoms with Crippen LogP contribution in [0.25, 0.3) is 33.8 Å². The van der Waals surface area contributed by atoms with Crippen LogP contribution < -0.4 is 9.46 Å². The molecule has 4 fully saturated rings. The van der Waals surface area contributed by atoms with E-state index in [0.29, 0.717) is 42.5 Å². The standard InChI is InChI=1S/C42H50N6O5S/c1-4-46-24-31-21-30(46)25-47(31)42(50)36-22-43-45(2)39(36)29-18-28-19-32(53-3)15-17-34(28)40-38(26-10-6-5-7-11-26)35-16-14-27(20-37(35)48(40)23-29)41(49)44-54(51,52)33-12-8-9-13-33/h14-20,22,26,30-31,33H,4-13,21,23-25H2,1-3H3,(H,44,49)/t30-,31-/m0/s1. The number of ether oxygens (including phenoxy) is 1. The van der Waals surface area contributed by atoms with Gasteiger partial charge in [0, 0.05) is 54.3 Å². The van der Waals surface area contributed by atoms with Crippen LogP contribution in [0.3, 0.4) is 0 Å². The Morgan fingerprint density at radius 3 is 2.44 bits per heavy atom. The maximum absolute atomic E-state index is 14.4. The molecule has 54 heavy (non-hydrogen) atoms. The number of hydrogen-bond donors (Lipinski definition) is 1. The van der Waals surface area contributed by atoms with Gasteiger partial charge in [-0.25, -0.2) is 13.1 Å². The van der Waals surface area contributed by atoms with Crippen LogP contribution in [0.15, 0.2) is 42.6 Å². The smallest absolute Gasteiger partial charge is 0.264 e. The molecule has 0 spiro atoms. The Labute approximate surface area is 317 Å². The molecule has 3 aliphatic heterocycles. The molecule has 0 unspecified atom stereocenters. The number of carbonyl (C=O) groups excluding carboxylic acids is 2. The number of amides is 2. The minimum atomic E-state index is -3.79. The van der Waals surface area contributed by atoms with E-state index in [1.165, 1.54) is 12.0 Å². The zero-order valence-corrected chi connectivity index (χ0v) is 32.3. The second-order valence-corrected chi connectivity index (χ2v) is 18.0. The number of hydrogen-bond acceptors (Lipinski definition) is 7. The zero-order valence-electron chi connectivity index (χ0n) is 31.5. The summed E-state index contributed by atoms with van der Waals surface area (Å²) in [6.07, 6.45) is 13.4. The third-order valence-corrected chi connectivity index (χ3v) is 14.8.